The molecule has 7 nitrogen and oxygen atoms in total. The average Bonchev–Trinajstić information content (AvgIpc) is 2.96. The van der Waals surface area contributed by atoms with Crippen LogP contribution >= 0.6 is 0 Å². The number of benzene rings is 1. The number of carbonyl (C=O) groups excluding carboxylic acids is 1. The fourth-order valence-electron chi connectivity index (χ4n) is 2.88. The second kappa shape index (κ2) is 5.59. The minimum absolute atomic E-state index is 0.147. The number of rotatable bonds is 3. The van der Waals surface area contributed by atoms with Gasteiger partial charge in [0.25, 0.3) is 11.5 Å². The summed E-state index contributed by atoms with van der Waals surface area (Å²) in [5, 5.41) is 18.8. The molecule has 2 aromatic rings. The van der Waals surface area contributed by atoms with Gasteiger partial charge in [-0.1, -0.05) is 18.2 Å². The highest BCUT2D eigenvalue weighted by Crippen LogP contribution is 2.26. The molecule has 1 saturated carbocycles. The number of nitrogens with one attached hydrogen (secondary N) is 2. The standard InChI is InChI=1S/C15H15N3O4/c19-13-11-4-2-1-3-10(11)12(17-18-13)14(20)16-9-6-5-8(7-9)15(21)22/h1-4,8-9H,5-7H2,(H,16,20)(H,18,19)(H,21,22)/t8-,9+/m1/s1. The summed E-state index contributed by atoms with van der Waals surface area (Å²) in [4.78, 5) is 35.0. The third kappa shape index (κ3) is 2.57. The van der Waals surface area contributed by atoms with Crippen molar-refractivity contribution in [2.24, 2.45) is 5.92 Å². The van der Waals surface area contributed by atoms with Crippen molar-refractivity contribution in [3.05, 3.63) is 40.3 Å². The Morgan fingerprint density at radius 2 is 1.95 bits per heavy atom. The van der Waals surface area contributed by atoms with E-state index in [1.165, 1.54) is 0 Å². The molecule has 0 aliphatic heterocycles. The molecule has 1 aliphatic rings. The first kappa shape index (κ1) is 14.2. The van der Waals surface area contributed by atoms with Crippen LogP contribution < -0.4 is 10.9 Å². The Morgan fingerprint density at radius 3 is 2.64 bits per heavy atom. The lowest BCUT2D eigenvalue weighted by molar-refractivity contribution is -0.141. The summed E-state index contributed by atoms with van der Waals surface area (Å²) in [5.74, 6) is -1.64. The van der Waals surface area contributed by atoms with Gasteiger partial charge in [-0.3, -0.25) is 14.4 Å². The van der Waals surface area contributed by atoms with Gasteiger partial charge in [-0.25, -0.2) is 5.10 Å². The van der Waals surface area contributed by atoms with Crippen molar-refractivity contribution in [3.8, 4) is 0 Å². The van der Waals surface area contributed by atoms with Crippen LogP contribution in [-0.2, 0) is 4.79 Å². The molecule has 7 heteroatoms. The van der Waals surface area contributed by atoms with Gasteiger partial charge in [0.1, 0.15) is 0 Å². The summed E-state index contributed by atoms with van der Waals surface area (Å²) in [6.07, 6.45) is 1.60. The number of hydrogen-bond acceptors (Lipinski definition) is 4. The molecular formula is C15H15N3O4. The van der Waals surface area contributed by atoms with Gasteiger partial charge in [0.05, 0.1) is 11.3 Å². The highest BCUT2D eigenvalue weighted by atomic mass is 16.4. The number of amides is 1. The van der Waals surface area contributed by atoms with Gasteiger partial charge < -0.3 is 10.4 Å². The first-order chi connectivity index (χ1) is 10.6. The van der Waals surface area contributed by atoms with Crippen LogP contribution in [0.25, 0.3) is 10.8 Å². The molecule has 22 heavy (non-hydrogen) atoms. The highest BCUT2D eigenvalue weighted by Gasteiger charge is 2.31. The van der Waals surface area contributed by atoms with Gasteiger partial charge in [0, 0.05) is 11.4 Å². The van der Waals surface area contributed by atoms with E-state index in [-0.39, 0.29) is 17.3 Å². The van der Waals surface area contributed by atoms with Crippen LogP contribution in [0.4, 0.5) is 0 Å². The number of nitrogens with zero attached hydrogens (tertiary/aromatic N) is 1. The van der Waals surface area contributed by atoms with E-state index >= 15 is 0 Å². The van der Waals surface area contributed by atoms with Crippen LogP contribution in [0.1, 0.15) is 29.8 Å². The Hall–Kier alpha value is -2.70. The van der Waals surface area contributed by atoms with Crippen molar-refractivity contribution in [1.29, 1.82) is 0 Å². The van der Waals surface area contributed by atoms with Gasteiger partial charge >= 0.3 is 5.97 Å². The van der Waals surface area contributed by atoms with E-state index in [4.69, 9.17) is 5.11 Å². The summed E-state index contributed by atoms with van der Waals surface area (Å²) >= 11 is 0. The Labute approximate surface area is 125 Å². The zero-order chi connectivity index (χ0) is 15.7. The molecule has 1 aromatic carbocycles. The molecule has 2 atom stereocenters. The molecule has 0 spiro atoms. The number of fused-ring (bicyclic) bond motifs is 1. The van der Waals surface area contributed by atoms with Crippen molar-refractivity contribution in [2.45, 2.75) is 25.3 Å². The molecule has 0 unspecified atom stereocenters. The molecule has 3 rings (SSSR count). The third-order valence-corrected chi connectivity index (χ3v) is 4.03. The van der Waals surface area contributed by atoms with Crippen molar-refractivity contribution in [1.82, 2.24) is 15.5 Å². The summed E-state index contributed by atoms with van der Waals surface area (Å²) in [6.45, 7) is 0. The Bertz CT molecular complexity index is 799. The first-order valence-corrected chi connectivity index (χ1v) is 7.07. The fourth-order valence-corrected chi connectivity index (χ4v) is 2.88. The van der Waals surface area contributed by atoms with Crippen LogP contribution in [0, 0.1) is 5.92 Å². The van der Waals surface area contributed by atoms with E-state index in [0.717, 1.165) is 0 Å². The summed E-state index contributed by atoms with van der Waals surface area (Å²) in [5.41, 5.74) is -0.201. The predicted molar refractivity (Wildman–Crippen MR) is 78.6 cm³/mol. The number of H-pyrrole nitrogens is 1. The Balaban J connectivity index is 1.83. The molecule has 1 aliphatic carbocycles. The molecule has 0 radical (unpaired) electrons. The molecule has 0 saturated heterocycles. The molecular weight excluding hydrogens is 286 g/mol. The van der Waals surface area contributed by atoms with Crippen LogP contribution in [0.2, 0.25) is 0 Å². The summed E-state index contributed by atoms with van der Waals surface area (Å²) in [6, 6.07) is 6.56. The minimum atomic E-state index is -0.829. The molecule has 114 valence electrons. The van der Waals surface area contributed by atoms with Crippen molar-refractivity contribution in [3.63, 3.8) is 0 Å². The quantitative estimate of drug-likeness (QED) is 0.780. The lowest BCUT2D eigenvalue weighted by atomic mass is 10.1. The normalized spacial score (nSPS) is 20.9. The highest BCUT2D eigenvalue weighted by molar-refractivity contribution is 6.04. The lowest BCUT2D eigenvalue weighted by Crippen LogP contribution is -2.34. The number of aliphatic carboxylic acids is 1. The molecule has 1 fully saturated rings. The maximum atomic E-state index is 12.4. The Morgan fingerprint density at radius 1 is 1.23 bits per heavy atom. The third-order valence-electron chi connectivity index (χ3n) is 4.03. The molecule has 1 heterocycles. The lowest BCUT2D eigenvalue weighted by Gasteiger charge is -2.12. The number of carbonyl (C=O) groups is 2. The van der Waals surface area contributed by atoms with Crippen molar-refractivity contribution in [2.75, 3.05) is 0 Å². The maximum Gasteiger partial charge on any atom is 0.306 e. The largest absolute Gasteiger partial charge is 0.481 e. The predicted octanol–water partition coefficient (Wildman–Crippen LogP) is 0.906. The van der Waals surface area contributed by atoms with Crippen molar-refractivity contribution < 1.29 is 14.7 Å². The van der Waals surface area contributed by atoms with E-state index in [2.05, 4.69) is 15.5 Å². The number of carboxylic acid groups (broad SMARTS) is 1. The minimum Gasteiger partial charge on any atom is -0.481 e. The topological polar surface area (TPSA) is 112 Å². The van der Waals surface area contributed by atoms with Gasteiger partial charge in [-0.05, 0) is 25.3 Å². The van der Waals surface area contributed by atoms with E-state index in [9.17, 15) is 14.4 Å². The first-order valence-electron chi connectivity index (χ1n) is 7.07. The summed E-state index contributed by atoms with van der Waals surface area (Å²) in [7, 11) is 0. The average molecular weight is 301 g/mol. The van der Waals surface area contributed by atoms with E-state index in [0.29, 0.717) is 30.0 Å². The van der Waals surface area contributed by atoms with Crippen LogP contribution in [0.3, 0.4) is 0 Å². The van der Waals surface area contributed by atoms with Gasteiger partial charge in [-0.2, -0.15) is 5.10 Å². The smallest absolute Gasteiger partial charge is 0.306 e. The molecule has 0 bridgehead atoms. The molecule has 3 N–H and O–H groups in total. The van der Waals surface area contributed by atoms with Crippen molar-refractivity contribution >= 4 is 22.6 Å². The number of aromatic amines is 1. The summed E-state index contributed by atoms with van der Waals surface area (Å²) < 4.78 is 0. The van der Waals surface area contributed by atoms with E-state index in [1.807, 2.05) is 0 Å². The van der Waals surface area contributed by atoms with Gasteiger partial charge in [0.2, 0.25) is 0 Å². The maximum absolute atomic E-state index is 12.4. The second-order valence-corrected chi connectivity index (χ2v) is 5.47. The van der Waals surface area contributed by atoms with Crippen LogP contribution in [0.15, 0.2) is 29.1 Å². The monoisotopic (exact) mass is 301 g/mol. The van der Waals surface area contributed by atoms with Crippen LogP contribution in [0.5, 0.6) is 0 Å². The van der Waals surface area contributed by atoms with Crippen LogP contribution in [-0.4, -0.2) is 33.2 Å². The van der Waals surface area contributed by atoms with Gasteiger partial charge in [-0.15, -0.1) is 0 Å². The fraction of sp³-hybridized carbons (Fsp3) is 0.333. The second-order valence-electron chi connectivity index (χ2n) is 5.47. The Kier molecular flexibility index (Phi) is 3.62. The number of aromatic nitrogens is 2. The van der Waals surface area contributed by atoms with E-state index < -0.39 is 17.8 Å². The zero-order valence-electron chi connectivity index (χ0n) is 11.7. The number of hydrogen-bond donors (Lipinski definition) is 3. The van der Waals surface area contributed by atoms with Gasteiger partial charge in [0.15, 0.2) is 5.69 Å². The van der Waals surface area contributed by atoms with E-state index in [1.54, 1.807) is 24.3 Å². The number of carboxylic acids is 1. The zero-order valence-corrected chi connectivity index (χ0v) is 11.7. The molecule has 1 amide bonds. The molecule has 1 aromatic heterocycles. The SMILES string of the molecule is O=C(N[C@H]1CC[C@@H](C(=O)O)C1)c1n[nH]c(=O)c2ccccc12.